The number of hydrogen-bond donors (Lipinski definition) is 3. The minimum atomic E-state index is -1.08. The number of nitrogens with one attached hydrogen (secondary N) is 3. The zero-order valence-corrected chi connectivity index (χ0v) is 30.5. The number of amides is 4. The van der Waals surface area contributed by atoms with E-state index in [1.165, 1.54) is 18.4 Å². The Kier molecular flexibility index (Phi) is 11.6. The molecular formula is C36H50ClN5O8. The Bertz CT molecular complexity index is 1520. The summed E-state index contributed by atoms with van der Waals surface area (Å²) in [5.74, 6) is -1.59. The molecule has 1 saturated carbocycles. The number of likely N-dealkylation sites (tertiary alicyclic amines) is 1. The maximum absolute atomic E-state index is 14.6. The number of ether oxygens (including phenoxy) is 2. The second kappa shape index (κ2) is 15.6. The first-order valence-electron chi connectivity index (χ1n) is 17.8. The molecule has 14 heteroatoms. The van der Waals surface area contributed by atoms with Crippen LogP contribution in [-0.2, 0) is 28.8 Å². The highest BCUT2D eigenvalue weighted by atomic mass is 35.5. The number of hydrogen-bond acceptors (Lipinski definition) is 9. The van der Waals surface area contributed by atoms with Crippen molar-refractivity contribution in [3.05, 3.63) is 22.7 Å². The third-order valence-corrected chi connectivity index (χ3v) is 10.3. The van der Waals surface area contributed by atoms with E-state index in [0.29, 0.717) is 53.9 Å². The van der Waals surface area contributed by atoms with Crippen LogP contribution in [0.4, 0.5) is 0 Å². The van der Waals surface area contributed by atoms with Crippen LogP contribution in [0.2, 0.25) is 5.02 Å². The predicted molar refractivity (Wildman–Crippen MR) is 186 cm³/mol. The summed E-state index contributed by atoms with van der Waals surface area (Å²) in [6.45, 7) is 8.22. The Balaban J connectivity index is 1.41. The zero-order valence-electron chi connectivity index (χ0n) is 29.7. The van der Waals surface area contributed by atoms with Gasteiger partial charge in [-0.15, -0.1) is 0 Å². The maximum atomic E-state index is 14.6. The van der Waals surface area contributed by atoms with Crippen LogP contribution in [0.3, 0.4) is 0 Å². The van der Waals surface area contributed by atoms with Gasteiger partial charge in [-0.2, -0.15) is 0 Å². The predicted octanol–water partition coefficient (Wildman–Crippen LogP) is 3.68. The van der Waals surface area contributed by atoms with Crippen LogP contribution in [0.5, 0.6) is 11.5 Å². The summed E-state index contributed by atoms with van der Waals surface area (Å²) in [6.07, 6.45) is 6.75. The number of benzene rings is 1. The molecule has 1 aromatic rings. The first-order valence-corrected chi connectivity index (χ1v) is 18.1. The highest BCUT2D eigenvalue weighted by Crippen LogP contribution is 2.43. The summed E-state index contributed by atoms with van der Waals surface area (Å²) in [5.41, 5.74) is -0.560. The minimum Gasteiger partial charge on any atom is -0.486 e. The number of fused-ring (bicyclic) bond motifs is 1. The van der Waals surface area contributed by atoms with Crippen molar-refractivity contribution in [2.75, 3.05) is 26.8 Å². The molecule has 2 fully saturated rings. The molecule has 13 nitrogen and oxygen atoms in total. The number of rotatable bonds is 11. The molecule has 0 aromatic heterocycles. The summed E-state index contributed by atoms with van der Waals surface area (Å²) in [4.78, 5) is 74.7. The number of ketones is 1. The summed E-state index contributed by atoms with van der Waals surface area (Å²) in [6, 6.07) is 0.404. The average molecular weight is 716 g/mol. The van der Waals surface area contributed by atoms with E-state index >= 15 is 0 Å². The molecular weight excluding hydrogens is 666 g/mol. The minimum absolute atomic E-state index is 0.00210. The fourth-order valence-corrected chi connectivity index (χ4v) is 7.62. The Hall–Kier alpha value is -3.87. The molecule has 274 valence electrons. The van der Waals surface area contributed by atoms with Gasteiger partial charge in [-0.25, -0.2) is 0 Å². The number of carbonyl (C=O) groups is 5. The molecule has 1 aromatic carbocycles. The van der Waals surface area contributed by atoms with Crippen molar-refractivity contribution < 1.29 is 38.3 Å². The SMILES string of the molecule is CCC[C@H](NC(=O)[C@@H]1C[C@]2(CC(c3cc(Cl)c4c(c3)OCCO4)=NO2)CN1C(=O)[C@@H](NC(=O)CC1CCCCC1)C(C)(C)C)C(=O)C(=O)NC. The van der Waals surface area contributed by atoms with Gasteiger partial charge in [0.2, 0.25) is 23.5 Å². The van der Waals surface area contributed by atoms with E-state index in [-0.39, 0.29) is 37.6 Å². The van der Waals surface area contributed by atoms with E-state index in [4.69, 9.17) is 25.9 Å². The molecule has 1 aliphatic carbocycles. The summed E-state index contributed by atoms with van der Waals surface area (Å²) < 4.78 is 11.4. The Morgan fingerprint density at radius 3 is 2.46 bits per heavy atom. The molecule has 1 spiro atoms. The van der Waals surface area contributed by atoms with Gasteiger partial charge >= 0.3 is 0 Å². The molecule has 0 unspecified atom stereocenters. The normalized spacial score (nSPS) is 23.0. The lowest BCUT2D eigenvalue weighted by molar-refractivity contribution is -0.145. The topological polar surface area (TPSA) is 165 Å². The summed E-state index contributed by atoms with van der Waals surface area (Å²) in [5, 5.41) is 12.8. The third kappa shape index (κ3) is 8.35. The highest BCUT2D eigenvalue weighted by Gasteiger charge is 2.55. The Morgan fingerprint density at radius 2 is 1.78 bits per heavy atom. The Labute approximate surface area is 298 Å². The molecule has 5 rings (SSSR count). The molecule has 4 aliphatic rings. The van der Waals surface area contributed by atoms with Gasteiger partial charge in [0.15, 0.2) is 17.1 Å². The van der Waals surface area contributed by atoms with E-state index < -0.39 is 52.6 Å². The molecule has 4 amide bonds. The smallest absolute Gasteiger partial charge is 0.289 e. The van der Waals surface area contributed by atoms with Crippen molar-refractivity contribution in [1.29, 1.82) is 0 Å². The van der Waals surface area contributed by atoms with E-state index in [1.54, 1.807) is 12.1 Å². The van der Waals surface area contributed by atoms with Crippen LogP contribution < -0.4 is 25.4 Å². The highest BCUT2D eigenvalue weighted by molar-refractivity contribution is 6.38. The number of oxime groups is 1. The van der Waals surface area contributed by atoms with Crippen LogP contribution >= 0.6 is 11.6 Å². The molecule has 4 atom stereocenters. The summed E-state index contributed by atoms with van der Waals surface area (Å²) in [7, 11) is 1.35. The molecule has 0 radical (unpaired) electrons. The fourth-order valence-electron chi connectivity index (χ4n) is 7.36. The second-order valence-corrected chi connectivity index (χ2v) is 15.4. The van der Waals surface area contributed by atoms with Gasteiger partial charge in [0.1, 0.15) is 25.3 Å². The van der Waals surface area contributed by atoms with Crippen LogP contribution in [0, 0.1) is 11.3 Å². The first-order chi connectivity index (χ1) is 23.7. The average Bonchev–Trinajstić information content (AvgIpc) is 3.69. The van der Waals surface area contributed by atoms with Gasteiger partial charge in [0.25, 0.3) is 5.91 Å². The Morgan fingerprint density at radius 1 is 1.06 bits per heavy atom. The van der Waals surface area contributed by atoms with Gasteiger partial charge in [-0.1, -0.05) is 70.1 Å². The van der Waals surface area contributed by atoms with E-state index in [1.807, 2.05) is 27.7 Å². The van der Waals surface area contributed by atoms with Crippen molar-refractivity contribution in [2.24, 2.45) is 16.5 Å². The number of carbonyl (C=O) groups excluding carboxylic acids is 5. The van der Waals surface area contributed by atoms with E-state index in [2.05, 4.69) is 21.1 Å². The fraction of sp³-hybridized carbons (Fsp3) is 0.667. The summed E-state index contributed by atoms with van der Waals surface area (Å²) >= 11 is 6.52. The van der Waals surface area contributed by atoms with Crippen molar-refractivity contribution in [3.8, 4) is 11.5 Å². The lowest BCUT2D eigenvalue weighted by Crippen LogP contribution is -2.59. The van der Waals surface area contributed by atoms with Gasteiger partial charge in [-0.3, -0.25) is 24.0 Å². The second-order valence-electron chi connectivity index (χ2n) is 15.0. The molecule has 50 heavy (non-hydrogen) atoms. The van der Waals surface area contributed by atoms with Crippen LogP contribution in [0.15, 0.2) is 17.3 Å². The standard InChI is InChI=1S/C36H50ClN5O8/c1-6-10-24(29(44)33(46)38-5)39-32(45)26-19-36(18-25(41-50-36)22-16-23(37)30-27(17-22)48-13-14-49-30)20-42(26)34(47)31(35(2,3)4)40-28(43)15-21-11-8-7-9-12-21/h16-17,21,24,26,31H,6-15,18-20H2,1-5H3,(H,38,46)(H,39,45)(H,40,43)/t24-,26-,31+,36+/m0/s1. The van der Waals surface area contributed by atoms with Gasteiger partial charge < -0.3 is 35.2 Å². The van der Waals surface area contributed by atoms with Gasteiger partial charge in [-0.05, 0) is 42.7 Å². The quantitative estimate of drug-likeness (QED) is 0.292. The van der Waals surface area contributed by atoms with Crippen molar-refractivity contribution in [1.82, 2.24) is 20.9 Å². The van der Waals surface area contributed by atoms with Gasteiger partial charge in [0, 0.05) is 31.9 Å². The van der Waals surface area contributed by atoms with E-state index in [0.717, 1.165) is 25.7 Å². The zero-order chi connectivity index (χ0) is 36.2. The molecule has 0 bridgehead atoms. The lowest BCUT2D eigenvalue weighted by atomic mass is 9.84. The van der Waals surface area contributed by atoms with Crippen molar-refractivity contribution in [2.45, 2.75) is 116 Å². The largest absolute Gasteiger partial charge is 0.486 e. The van der Waals surface area contributed by atoms with Crippen LogP contribution in [0.1, 0.15) is 97.5 Å². The van der Waals surface area contributed by atoms with Gasteiger partial charge in [0.05, 0.1) is 23.3 Å². The number of halogens is 1. The molecule has 3 aliphatic heterocycles. The van der Waals surface area contributed by atoms with E-state index in [9.17, 15) is 24.0 Å². The van der Waals surface area contributed by atoms with Crippen LogP contribution in [0.25, 0.3) is 0 Å². The first kappa shape index (κ1) is 37.4. The molecule has 1 saturated heterocycles. The molecule has 3 heterocycles. The number of likely N-dealkylation sites (N-methyl/N-ethyl adjacent to an activating group) is 1. The van der Waals surface area contributed by atoms with Crippen molar-refractivity contribution in [3.63, 3.8) is 0 Å². The third-order valence-electron chi connectivity index (χ3n) is 10.0. The van der Waals surface area contributed by atoms with Crippen molar-refractivity contribution >= 4 is 46.7 Å². The number of nitrogens with zero attached hydrogens (tertiary/aromatic N) is 2. The van der Waals surface area contributed by atoms with Crippen LogP contribution in [-0.4, -0.2) is 90.6 Å². The maximum Gasteiger partial charge on any atom is 0.289 e. The number of Topliss-reactive ketones (excluding diaryl/α,β-unsaturated/α-hetero) is 1. The lowest BCUT2D eigenvalue weighted by Gasteiger charge is -2.36. The molecule has 3 N–H and O–H groups in total. The monoisotopic (exact) mass is 715 g/mol.